The molecule has 1 rings (SSSR count). The topological polar surface area (TPSA) is 81.7 Å². The van der Waals surface area contributed by atoms with E-state index >= 15 is 0 Å². The van der Waals surface area contributed by atoms with Gasteiger partial charge in [0.15, 0.2) is 11.4 Å². The summed E-state index contributed by atoms with van der Waals surface area (Å²) in [6.07, 6.45) is -6.50. The van der Waals surface area contributed by atoms with Crippen LogP contribution in [0.4, 0.5) is 18.0 Å². The van der Waals surface area contributed by atoms with E-state index in [0.717, 1.165) is 6.92 Å². The molecule has 1 amide bonds. The number of alkyl carbamates (subject to hydrolysis) is 1. The summed E-state index contributed by atoms with van der Waals surface area (Å²) in [6, 6.07) is 8.36. The van der Waals surface area contributed by atoms with Gasteiger partial charge in [-0.1, -0.05) is 30.3 Å². The summed E-state index contributed by atoms with van der Waals surface area (Å²) in [5, 5.41) is 1.68. The van der Waals surface area contributed by atoms with Gasteiger partial charge in [0.1, 0.15) is 12.3 Å². The Morgan fingerprint density at radius 3 is 2.16 bits per heavy atom. The maximum absolute atomic E-state index is 13.1. The standard InChI is InChI=1S/C16H16F3NO5/c1-3-24-14(22)12(16(17,18)19)13(10(2)21)20-15(23)25-9-11-7-5-4-6-8-11/h4-8H,3,9H2,1-2H3,(H,20,23)/b13-12-. The van der Waals surface area contributed by atoms with Gasteiger partial charge >= 0.3 is 18.2 Å². The number of allylic oxidation sites excluding steroid dienone is 1. The van der Waals surface area contributed by atoms with Gasteiger partial charge in [-0.15, -0.1) is 0 Å². The van der Waals surface area contributed by atoms with Crippen LogP contribution in [-0.4, -0.2) is 30.6 Å². The SMILES string of the molecule is CCOC(=O)/C(=C(/NC(=O)OCc1ccccc1)C(C)=O)C(F)(F)F. The molecule has 0 saturated heterocycles. The smallest absolute Gasteiger partial charge is 0.425 e. The average molecular weight is 359 g/mol. The molecule has 136 valence electrons. The highest BCUT2D eigenvalue weighted by Gasteiger charge is 2.44. The van der Waals surface area contributed by atoms with Crippen LogP contribution >= 0.6 is 0 Å². The van der Waals surface area contributed by atoms with Crippen molar-refractivity contribution in [3.05, 3.63) is 47.2 Å². The van der Waals surface area contributed by atoms with Crippen molar-refractivity contribution in [2.75, 3.05) is 6.61 Å². The number of halogens is 3. The van der Waals surface area contributed by atoms with Crippen LogP contribution in [0.15, 0.2) is 41.6 Å². The summed E-state index contributed by atoms with van der Waals surface area (Å²) in [5.74, 6) is -2.93. The van der Waals surface area contributed by atoms with Crippen LogP contribution in [0.3, 0.4) is 0 Å². The van der Waals surface area contributed by atoms with E-state index in [0.29, 0.717) is 5.56 Å². The number of rotatable bonds is 6. The van der Waals surface area contributed by atoms with Gasteiger partial charge < -0.3 is 9.47 Å². The van der Waals surface area contributed by atoms with Gasteiger partial charge in [-0.2, -0.15) is 13.2 Å². The van der Waals surface area contributed by atoms with E-state index in [9.17, 15) is 27.6 Å². The second kappa shape index (κ2) is 8.86. The van der Waals surface area contributed by atoms with Crippen LogP contribution in [-0.2, 0) is 25.7 Å². The first-order valence-electron chi connectivity index (χ1n) is 7.14. The maximum atomic E-state index is 13.1. The molecular formula is C16H16F3NO5. The lowest BCUT2D eigenvalue weighted by atomic mass is 10.1. The van der Waals surface area contributed by atoms with Gasteiger partial charge in [-0.05, 0) is 12.5 Å². The second-order valence-corrected chi connectivity index (χ2v) is 4.71. The van der Waals surface area contributed by atoms with E-state index in [1.54, 1.807) is 35.6 Å². The van der Waals surface area contributed by atoms with Crippen LogP contribution in [0.5, 0.6) is 0 Å². The Morgan fingerprint density at radius 2 is 1.68 bits per heavy atom. The van der Waals surface area contributed by atoms with E-state index in [1.807, 2.05) is 0 Å². The molecule has 0 aliphatic heterocycles. The highest BCUT2D eigenvalue weighted by Crippen LogP contribution is 2.29. The predicted molar refractivity (Wildman–Crippen MR) is 80.2 cm³/mol. The minimum atomic E-state index is -5.19. The Kier molecular flexibility index (Phi) is 7.16. The molecule has 0 saturated carbocycles. The zero-order chi connectivity index (χ0) is 19.0. The third kappa shape index (κ3) is 6.28. The fraction of sp³-hybridized carbons (Fsp3) is 0.312. The fourth-order valence-electron chi connectivity index (χ4n) is 1.75. The lowest BCUT2D eigenvalue weighted by Crippen LogP contribution is -2.35. The van der Waals surface area contributed by atoms with Crippen molar-refractivity contribution < 1.29 is 37.0 Å². The van der Waals surface area contributed by atoms with Crippen molar-refractivity contribution in [3.8, 4) is 0 Å². The lowest BCUT2D eigenvalue weighted by molar-refractivity contribution is -0.151. The van der Waals surface area contributed by atoms with E-state index in [4.69, 9.17) is 4.74 Å². The summed E-state index contributed by atoms with van der Waals surface area (Å²) in [7, 11) is 0. The quantitative estimate of drug-likeness (QED) is 0.624. The van der Waals surface area contributed by atoms with Gasteiger partial charge in [-0.3, -0.25) is 10.1 Å². The van der Waals surface area contributed by atoms with Crippen LogP contribution in [0.1, 0.15) is 19.4 Å². The first-order valence-corrected chi connectivity index (χ1v) is 7.14. The third-order valence-electron chi connectivity index (χ3n) is 2.80. The Hall–Kier alpha value is -2.84. The largest absolute Gasteiger partial charge is 0.462 e. The zero-order valence-corrected chi connectivity index (χ0v) is 13.5. The van der Waals surface area contributed by atoms with Gasteiger partial charge in [0.25, 0.3) is 0 Å². The molecule has 0 aliphatic rings. The molecule has 25 heavy (non-hydrogen) atoms. The summed E-state index contributed by atoms with van der Waals surface area (Å²) in [6.45, 7) is 1.53. The summed E-state index contributed by atoms with van der Waals surface area (Å²) < 4.78 is 48.4. The van der Waals surface area contributed by atoms with E-state index in [-0.39, 0.29) is 13.2 Å². The van der Waals surface area contributed by atoms with Crippen molar-refractivity contribution in [1.29, 1.82) is 0 Å². The molecular weight excluding hydrogens is 343 g/mol. The van der Waals surface area contributed by atoms with Crippen molar-refractivity contribution in [3.63, 3.8) is 0 Å². The number of amides is 1. The minimum Gasteiger partial charge on any atom is -0.462 e. The number of hydrogen-bond acceptors (Lipinski definition) is 5. The minimum absolute atomic E-state index is 0.224. The van der Waals surface area contributed by atoms with Crippen molar-refractivity contribution in [2.45, 2.75) is 26.6 Å². The molecule has 1 aromatic carbocycles. The monoisotopic (exact) mass is 359 g/mol. The lowest BCUT2D eigenvalue weighted by Gasteiger charge is -2.16. The summed E-state index contributed by atoms with van der Waals surface area (Å²) in [4.78, 5) is 34.8. The molecule has 6 nitrogen and oxygen atoms in total. The number of ether oxygens (including phenoxy) is 2. The molecule has 0 atom stereocenters. The first kappa shape index (κ1) is 20.2. The van der Waals surface area contributed by atoms with Crippen LogP contribution in [0.2, 0.25) is 0 Å². The van der Waals surface area contributed by atoms with Crippen molar-refractivity contribution in [1.82, 2.24) is 5.32 Å². The second-order valence-electron chi connectivity index (χ2n) is 4.71. The number of alkyl halides is 3. The number of ketones is 1. The number of carbonyl (C=O) groups is 3. The Morgan fingerprint density at radius 1 is 1.08 bits per heavy atom. The summed E-state index contributed by atoms with van der Waals surface area (Å²) >= 11 is 0. The third-order valence-corrected chi connectivity index (χ3v) is 2.80. The summed E-state index contributed by atoms with van der Waals surface area (Å²) in [5.41, 5.74) is -2.53. The molecule has 0 aliphatic carbocycles. The van der Waals surface area contributed by atoms with Crippen LogP contribution < -0.4 is 5.32 Å². The molecule has 0 radical (unpaired) electrons. The number of nitrogens with one attached hydrogen (secondary N) is 1. The molecule has 0 fully saturated rings. The van der Waals surface area contributed by atoms with Crippen LogP contribution in [0, 0.1) is 0 Å². The first-order chi connectivity index (χ1) is 11.7. The van der Waals surface area contributed by atoms with Crippen molar-refractivity contribution >= 4 is 17.8 Å². The predicted octanol–water partition coefficient (Wildman–Crippen LogP) is 2.88. The molecule has 0 aromatic heterocycles. The number of Topliss-reactive ketones (excluding diaryl/α,β-unsaturated/α-hetero) is 1. The Balaban J connectivity index is 3.01. The molecule has 1 N–H and O–H groups in total. The zero-order valence-electron chi connectivity index (χ0n) is 13.5. The Bertz CT molecular complexity index is 668. The number of benzene rings is 1. The molecule has 0 spiro atoms. The number of carbonyl (C=O) groups excluding carboxylic acids is 3. The number of esters is 1. The van der Waals surface area contributed by atoms with Gasteiger partial charge in [0.2, 0.25) is 0 Å². The molecule has 0 heterocycles. The maximum Gasteiger partial charge on any atom is 0.425 e. The van der Waals surface area contributed by atoms with Gasteiger partial charge in [0, 0.05) is 6.92 Å². The van der Waals surface area contributed by atoms with E-state index < -0.39 is 35.3 Å². The van der Waals surface area contributed by atoms with Crippen molar-refractivity contribution in [2.24, 2.45) is 0 Å². The van der Waals surface area contributed by atoms with Gasteiger partial charge in [-0.25, -0.2) is 9.59 Å². The highest BCUT2D eigenvalue weighted by molar-refractivity contribution is 6.05. The molecule has 0 unspecified atom stereocenters. The molecule has 1 aromatic rings. The molecule has 9 heteroatoms. The fourth-order valence-corrected chi connectivity index (χ4v) is 1.75. The number of hydrogen-bond donors (Lipinski definition) is 1. The van der Waals surface area contributed by atoms with Crippen LogP contribution in [0.25, 0.3) is 0 Å². The average Bonchev–Trinajstić information content (AvgIpc) is 2.52. The normalized spacial score (nSPS) is 12.0. The molecule has 0 bridgehead atoms. The van der Waals surface area contributed by atoms with E-state index in [1.165, 1.54) is 6.92 Å². The Labute approximate surface area is 141 Å². The van der Waals surface area contributed by atoms with Gasteiger partial charge in [0.05, 0.1) is 6.61 Å². The van der Waals surface area contributed by atoms with E-state index in [2.05, 4.69) is 4.74 Å². The highest BCUT2D eigenvalue weighted by atomic mass is 19.4.